The molecule has 2 heterocycles. The van der Waals surface area contributed by atoms with Crippen molar-refractivity contribution in [3.63, 3.8) is 0 Å². The van der Waals surface area contributed by atoms with Crippen molar-refractivity contribution in [2.75, 3.05) is 6.54 Å². The summed E-state index contributed by atoms with van der Waals surface area (Å²) in [6.45, 7) is 1.01. The minimum Gasteiger partial charge on any atom is -0.465 e. The summed E-state index contributed by atoms with van der Waals surface area (Å²) in [5, 5.41) is 8.79. The fourth-order valence-electron chi connectivity index (χ4n) is 1.58. The highest BCUT2D eigenvalue weighted by molar-refractivity contribution is 5.65. The quantitative estimate of drug-likeness (QED) is 0.632. The lowest BCUT2D eigenvalue weighted by Gasteiger charge is -2.24. The number of nitrogens with zero attached hydrogens (tertiary/aromatic N) is 3. The number of carboxylic acid groups (broad SMARTS) is 1. The molecule has 1 aliphatic heterocycles. The van der Waals surface area contributed by atoms with Crippen LogP contribution >= 0.6 is 0 Å². The second-order valence-corrected chi connectivity index (χ2v) is 3.20. The van der Waals surface area contributed by atoms with E-state index in [9.17, 15) is 4.79 Å². The lowest BCUT2D eigenvalue weighted by Crippen LogP contribution is -2.35. The zero-order valence-electron chi connectivity index (χ0n) is 7.40. The van der Waals surface area contributed by atoms with Crippen LogP contribution in [-0.2, 0) is 20.0 Å². The Morgan fingerprint density at radius 2 is 2.46 bits per heavy atom. The Morgan fingerprint density at radius 1 is 1.69 bits per heavy atom. The van der Waals surface area contributed by atoms with Crippen LogP contribution in [0.15, 0.2) is 6.33 Å². The van der Waals surface area contributed by atoms with Crippen LogP contribution in [0.3, 0.4) is 0 Å². The molecule has 0 saturated carbocycles. The molecule has 1 amide bonds. The molecule has 1 N–H and O–H groups in total. The number of aromatic nitrogens is 2. The van der Waals surface area contributed by atoms with Gasteiger partial charge < -0.3 is 14.6 Å². The van der Waals surface area contributed by atoms with Gasteiger partial charge in [-0.05, 0) is 0 Å². The summed E-state index contributed by atoms with van der Waals surface area (Å²) in [5.41, 5.74) is 2.04. The van der Waals surface area contributed by atoms with Crippen LogP contribution in [-0.4, -0.2) is 32.2 Å². The van der Waals surface area contributed by atoms with Gasteiger partial charge in [-0.15, -0.1) is 0 Å². The van der Waals surface area contributed by atoms with Gasteiger partial charge in [-0.2, -0.15) is 0 Å². The van der Waals surface area contributed by atoms with Crippen molar-refractivity contribution < 1.29 is 9.90 Å². The average Bonchev–Trinajstić information content (AvgIpc) is 2.47. The van der Waals surface area contributed by atoms with E-state index in [4.69, 9.17) is 5.11 Å². The van der Waals surface area contributed by atoms with Gasteiger partial charge in [0.05, 0.1) is 24.3 Å². The summed E-state index contributed by atoms with van der Waals surface area (Å²) < 4.78 is 1.88. The molecule has 1 aliphatic rings. The number of hydrogen-bond acceptors (Lipinski definition) is 2. The molecule has 5 heteroatoms. The molecule has 0 bridgehead atoms. The molecule has 0 unspecified atom stereocenters. The van der Waals surface area contributed by atoms with Gasteiger partial charge in [0.1, 0.15) is 0 Å². The van der Waals surface area contributed by atoms with Gasteiger partial charge >= 0.3 is 6.09 Å². The summed E-state index contributed by atoms with van der Waals surface area (Å²) >= 11 is 0. The number of imidazole rings is 1. The molecule has 0 fully saturated rings. The van der Waals surface area contributed by atoms with Gasteiger partial charge in [-0.1, -0.05) is 0 Å². The zero-order valence-corrected chi connectivity index (χ0v) is 7.40. The van der Waals surface area contributed by atoms with Gasteiger partial charge in [0.2, 0.25) is 0 Å². The SMILES string of the molecule is Cn1cnc2c1CN(C(=O)O)CC2. The number of hydrogen-bond donors (Lipinski definition) is 1. The van der Waals surface area contributed by atoms with Crippen LogP contribution in [0.2, 0.25) is 0 Å². The smallest absolute Gasteiger partial charge is 0.407 e. The summed E-state index contributed by atoms with van der Waals surface area (Å²) in [5.74, 6) is 0. The molecule has 0 saturated heterocycles. The number of fused-ring (bicyclic) bond motifs is 1. The third kappa shape index (κ3) is 1.26. The van der Waals surface area contributed by atoms with E-state index in [2.05, 4.69) is 4.98 Å². The van der Waals surface area contributed by atoms with Crippen LogP contribution in [0, 0.1) is 0 Å². The standard InChI is InChI=1S/C8H11N3O2/c1-10-5-9-6-2-3-11(8(12)13)4-7(6)10/h5H,2-4H2,1H3,(H,12,13). The monoisotopic (exact) mass is 181 g/mol. The molecule has 0 aromatic carbocycles. The van der Waals surface area contributed by atoms with E-state index < -0.39 is 6.09 Å². The molecule has 13 heavy (non-hydrogen) atoms. The summed E-state index contributed by atoms with van der Waals surface area (Å²) in [4.78, 5) is 16.3. The Labute approximate surface area is 75.6 Å². The topological polar surface area (TPSA) is 58.4 Å². The molecule has 5 nitrogen and oxygen atoms in total. The molecule has 0 aliphatic carbocycles. The second-order valence-electron chi connectivity index (χ2n) is 3.20. The lowest BCUT2D eigenvalue weighted by molar-refractivity contribution is 0.138. The van der Waals surface area contributed by atoms with E-state index in [0.717, 1.165) is 17.8 Å². The van der Waals surface area contributed by atoms with Crippen LogP contribution in [0.1, 0.15) is 11.4 Å². The Kier molecular flexibility index (Phi) is 1.72. The Bertz CT molecular complexity index is 345. The molecule has 70 valence electrons. The Morgan fingerprint density at radius 3 is 3.15 bits per heavy atom. The second kappa shape index (κ2) is 2.76. The van der Waals surface area contributed by atoms with Crippen LogP contribution in [0.25, 0.3) is 0 Å². The van der Waals surface area contributed by atoms with E-state index in [1.165, 1.54) is 4.90 Å². The largest absolute Gasteiger partial charge is 0.465 e. The summed E-state index contributed by atoms with van der Waals surface area (Å²) in [7, 11) is 1.89. The Balaban J connectivity index is 2.27. The molecule has 0 atom stereocenters. The third-order valence-corrected chi connectivity index (χ3v) is 2.38. The fraction of sp³-hybridized carbons (Fsp3) is 0.500. The van der Waals surface area contributed by atoms with Crippen molar-refractivity contribution in [3.05, 3.63) is 17.7 Å². The summed E-state index contributed by atoms with van der Waals surface area (Å²) in [6, 6.07) is 0. The maximum absolute atomic E-state index is 10.7. The molecule has 1 aromatic heterocycles. The summed E-state index contributed by atoms with van der Waals surface area (Å²) in [6.07, 6.45) is 1.60. The van der Waals surface area contributed by atoms with Crippen molar-refractivity contribution in [2.24, 2.45) is 7.05 Å². The molecule has 0 spiro atoms. The van der Waals surface area contributed by atoms with E-state index in [1.54, 1.807) is 6.33 Å². The van der Waals surface area contributed by atoms with E-state index in [-0.39, 0.29) is 0 Å². The molecule has 2 rings (SSSR count). The molecule has 1 aromatic rings. The van der Waals surface area contributed by atoms with Crippen molar-refractivity contribution in [2.45, 2.75) is 13.0 Å². The first-order valence-corrected chi connectivity index (χ1v) is 4.15. The van der Waals surface area contributed by atoms with Crippen molar-refractivity contribution >= 4 is 6.09 Å². The first-order valence-electron chi connectivity index (χ1n) is 4.15. The van der Waals surface area contributed by atoms with E-state index in [0.29, 0.717) is 13.1 Å². The predicted octanol–water partition coefficient (Wildman–Crippen LogP) is 0.456. The highest BCUT2D eigenvalue weighted by Crippen LogP contribution is 2.16. The zero-order chi connectivity index (χ0) is 9.42. The maximum Gasteiger partial charge on any atom is 0.407 e. The first-order chi connectivity index (χ1) is 6.18. The first kappa shape index (κ1) is 8.10. The normalized spacial score (nSPS) is 15.6. The number of carbonyl (C=O) groups is 1. The van der Waals surface area contributed by atoms with Gasteiger partial charge in [0.25, 0.3) is 0 Å². The Hall–Kier alpha value is -1.52. The van der Waals surface area contributed by atoms with E-state index in [1.807, 2.05) is 11.6 Å². The fourth-order valence-corrected chi connectivity index (χ4v) is 1.58. The van der Waals surface area contributed by atoms with Crippen molar-refractivity contribution in [3.8, 4) is 0 Å². The van der Waals surface area contributed by atoms with Crippen LogP contribution in [0.4, 0.5) is 4.79 Å². The highest BCUT2D eigenvalue weighted by atomic mass is 16.4. The minimum absolute atomic E-state index is 0.459. The molecular formula is C8H11N3O2. The number of amides is 1. The minimum atomic E-state index is -0.855. The maximum atomic E-state index is 10.7. The predicted molar refractivity (Wildman–Crippen MR) is 45.3 cm³/mol. The molecular weight excluding hydrogens is 170 g/mol. The average molecular weight is 181 g/mol. The van der Waals surface area contributed by atoms with Gasteiger partial charge in [-0.3, -0.25) is 0 Å². The van der Waals surface area contributed by atoms with Gasteiger partial charge in [0, 0.05) is 20.0 Å². The third-order valence-electron chi connectivity index (χ3n) is 2.38. The van der Waals surface area contributed by atoms with Gasteiger partial charge in [-0.25, -0.2) is 9.78 Å². The van der Waals surface area contributed by atoms with E-state index >= 15 is 0 Å². The molecule has 0 radical (unpaired) electrons. The van der Waals surface area contributed by atoms with Crippen LogP contribution in [0.5, 0.6) is 0 Å². The number of aryl methyl sites for hydroxylation is 1. The van der Waals surface area contributed by atoms with Gasteiger partial charge in [0.15, 0.2) is 0 Å². The van der Waals surface area contributed by atoms with Crippen molar-refractivity contribution in [1.82, 2.24) is 14.5 Å². The highest BCUT2D eigenvalue weighted by Gasteiger charge is 2.22. The number of rotatable bonds is 0. The van der Waals surface area contributed by atoms with Crippen molar-refractivity contribution in [1.29, 1.82) is 0 Å². The lowest BCUT2D eigenvalue weighted by atomic mass is 10.1. The van der Waals surface area contributed by atoms with Crippen LogP contribution < -0.4 is 0 Å².